The monoisotopic (exact) mass is 273 g/mol. The molecule has 3 aromatic rings. The van der Waals surface area contributed by atoms with E-state index in [4.69, 9.17) is 0 Å². The van der Waals surface area contributed by atoms with Crippen LogP contribution in [-0.4, -0.2) is 14.1 Å². The minimum absolute atomic E-state index is 1.22. The maximum Gasteiger partial charge on any atom is 0.0361 e. The van der Waals surface area contributed by atoms with Crippen LogP contribution >= 0.6 is 0 Å². The van der Waals surface area contributed by atoms with Crippen molar-refractivity contribution in [3.63, 3.8) is 0 Å². The van der Waals surface area contributed by atoms with Crippen molar-refractivity contribution < 1.29 is 0 Å². The van der Waals surface area contributed by atoms with Gasteiger partial charge >= 0.3 is 0 Å². The Balaban J connectivity index is 1.87. The standard InChI is InChI=1S/C20H19N/c1-21(2)20-14-12-19(13-15-20)18-10-8-17(9-11-18)16-6-4-3-5-7-16/h3-15H,1-2H3. The van der Waals surface area contributed by atoms with Gasteiger partial charge in [-0.15, -0.1) is 0 Å². The molecular formula is C20H19N. The molecule has 0 saturated heterocycles. The van der Waals surface area contributed by atoms with Crippen LogP contribution in [0.25, 0.3) is 22.3 Å². The van der Waals surface area contributed by atoms with Crippen molar-refractivity contribution in [3.05, 3.63) is 78.9 Å². The van der Waals surface area contributed by atoms with Crippen LogP contribution in [0.2, 0.25) is 0 Å². The molecule has 1 heteroatoms. The minimum Gasteiger partial charge on any atom is -0.378 e. The van der Waals surface area contributed by atoms with Gasteiger partial charge in [0.15, 0.2) is 0 Å². The van der Waals surface area contributed by atoms with Crippen LogP contribution in [0.4, 0.5) is 5.69 Å². The molecule has 0 unspecified atom stereocenters. The van der Waals surface area contributed by atoms with E-state index in [1.165, 1.54) is 27.9 Å². The second kappa shape index (κ2) is 5.84. The van der Waals surface area contributed by atoms with Gasteiger partial charge in [-0.2, -0.15) is 0 Å². The average molecular weight is 273 g/mol. The summed E-state index contributed by atoms with van der Waals surface area (Å²) in [6.07, 6.45) is 0. The number of nitrogens with zero attached hydrogens (tertiary/aromatic N) is 1. The molecule has 0 aromatic heterocycles. The molecule has 21 heavy (non-hydrogen) atoms. The predicted molar refractivity (Wildman–Crippen MR) is 91.6 cm³/mol. The van der Waals surface area contributed by atoms with Crippen molar-refractivity contribution in [1.29, 1.82) is 0 Å². The van der Waals surface area contributed by atoms with E-state index in [9.17, 15) is 0 Å². The number of rotatable bonds is 3. The lowest BCUT2D eigenvalue weighted by atomic mass is 10.0. The van der Waals surface area contributed by atoms with Gasteiger partial charge in [0.1, 0.15) is 0 Å². The molecule has 0 spiro atoms. The highest BCUT2D eigenvalue weighted by Gasteiger charge is 2.01. The summed E-state index contributed by atoms with van der Waals surface area (Å²) >= 11 is 0. The van der Waals surface area contributed by atoms with E-state index in [1.807, 2.05) is 6.07 Å². The SMILES string of the molecule is CN(C)c1ccc(-c2ccc(-c3ccccc3)cc2)cc1. The fourth-order valence-corrected chi connectivity index (χ4v) is 2.44. The molecule has 0 heterocycles. The van der Waals surface area contributed by atoms with Crippen molar-refractivity contribution in [1.82, 2.24) is 0 Å². The lowest BCUT2D eigenvalue weighted by molar-refractivity contribution is 1.13. The second-order valence-corrected chi connectivity index (χ2v) is 5.38. The van der Waals surface area contributed by atoms with Gasteiger partial charge in [-0.1, -0.05) is 66.7 Å². The van der Waals surface area contributed by atoms with Crippen molar-refractivity contribution in [3.8, 4) is 22.3 Å². The zero-order chi connectivity index (χ0) is 14.7. The fourth-order valence-electron chi connectivity index (χ4n) is 2.44. The smallest absolute Gasteiger partial charge is 0.0361 e. The van der Waals surface area contributed by atoms with Crippen molar-refractivity contribution in [2.45, 2.75) is 0 Å². The van der Waals surface area contributed by atoms with Crippen molar-refractivity contribution in [2.75, 3.05) is 19.0 Å². The number of hydrogen-bond donors (Lipinski definition) is 0. The number of hydrogen-bond acceptors (Lipinski definition) is 1. The number of benzene rings is 3. The molecule has 3 aromatic carbocycles. The lowest BCUT2D eigenvalue weighted by Gasteiger charge is -2.13. The first kappa shape index (κ1) is 13.4. The zero-order valence-electron chi connectivity index (χ0n) is 12.5. The van der Waals surface area contributed by atoms with Gasteiger partial charge in [0.2, 0.25) is 0 Å². The van der Waals surface area contributed by atoms with Crippen LogP contribution in [0, 0.1) is 0 Å². The molecule has 0 N–H and O–H groups in total. The van der Waals surface area contributed by atoms with Crippen LogP contribution in [0.15, 0.2) is 78.9 Å². The third-order valence-corrected chi connectivity index (χ3v) is 3.71. The molecule has 0 fully saturated rings. The van der Waals surface area contributed by atoms with E-state index in [-0.39, 0.29) is 0 Å². The van der Waals surface area contributed by atoms with E-state index < -0.39 is 0 Å². The molecular weight excluding hydrogens is 254 g/mol. The minimum atomic E-state index is 1.22. The van der Waals surface area contributed by atoms with Gasteiger partial charge in [-0.3, -0.25) is 0 Å². The first-order chi connectivity index (χ1) is 10.2. The fraction of sp³-hybridized carbons (Fsp3) is 0.100. The van der Waals surface area contributed by atoms with Crippen LogP contribution in [0.5, 0.6) is 0 Å². The quantitative estimate of drug-likeness (QED) is 0.642. The highest BCUT2D eigenvalue weighted by atomic mass is 15.1. The Bertz CT molecular complexity index is 695. The summed E-state index contributed by atoms with van der Waals surface area (Å²) in [5, 5.41) is 0. The molecule has 3 rings (SSSR count). The Kier molecular flexibility index (Phi) is 3.74. The van der Waals surface area contributed by atoms with Crippen molar-refractivity contribution >= 4 is 5.69 Å². The van der Waals surface area contributed by atoms with E-state index in [2.05, 4.69) is 91.8 Å². The third-order valence-electron chi connectivity index (χ3n) is 3.71. The predicted octanol–water partition coefficient (Wildman–Crippen LogP) is 5.09. The molecule has 0 amide bonds. The Labute approximate surface area is 126 Å². The summed E-state index contributed by atoms with van der Waals surface area (Å²) in [6, 6.07) is 27.9. The first-order valence-corrected chi connectivity index (χ1v) is 7.17. The van der Waals surface area contributed by atoms with Crippen molar-refractivity contribution in [2.24, 2.45) is 0 Å². The molecule has 104 valence electrons. The van der Waals surface area contributed by atoms with Crippen LogP contribution in [0.1, 0.15) is 0 Å². The third kappa shape index (κ3) is 2.97. The maximum absolute atomic E-state index is 2.19. The van der Waals surface area contributed by atoms with Gasteiger partial charge in [0, 0.05) is 19.8 Å². The average Bonchev–Trinajstić information content (AvgIpc) is 2.56. The van der Waals surface area contributed by atoms with Crippen LogP contribution in [-0.2, 0) is 0 Å². The van der Waals surface area contributed by atoms with Crippen LogP contribution in [0.3, 0.4) is 0 Å². The van der Waals surface area contributed by atoms with E-state index in [1.54, 1.807) is 0 Å². The summed E-state index contributed by atoms with van der Waals surface area (Å²) in [5.74, 6) is 0. The maximum atomic E-state index is 2.19. The second-order valence-electron chi connectivity index (χ2n) is 5.38. The molecule has 0 aliphatic carbocycles. The molecule has 0 aliphatic heterocycles. The zero-order valence-corrected chi connectivity index (χ0v) is 12.5. The molecule has 0 saturated carbocycles. The molecule has 1 nitrogen and oxygen atoms in total. The normalized spacial score (nSPS) is 10.4. The molecule has 0 radical (unpaired) electrons. The lowest BCUT2D eigenvalue weighted by Crippen LogP contribution is -2.07. The number of anilines is 1. The van der Waals surface area contributed by atoms with E-state index >= 15 is 0 Å². The van der Waals surface area contributed by atoms with Crippen LogP contribution < -0.4 is 4.90 Å². The highest BCUT2D eigenvalue weighted by molar-refractivity contribution is 5.71. The Morgan fingerprint density at radius 3 is 1.29 bits per heavy atom. The first-order valence-electron chi connectivity index (χ1n) is 7.17. The summed E-state index contributed by atoms with van der Waals surface area (Å²) in [6.45, 7) is 0. The molecule has 0 atom stereocenters. The molecule has 0 aliphatic rings. The van der Waals surface area contributed by atoms with Gasteiger partial charge in [0.05, 0.1) is 0 Å². The Morgan fingerprint density at radius 2 is 0.857 bits per heavy atom. The topological polar surface area (TPSA) is 3.24 Å². The Morgan fingerprint density at radius 1 is 0.476 bits per heavy atom. The summed E-state index contributed by atoms with van der Waals surface area (Å²) in [7, 11) is 4.12. The van der Waals surface area contributed by atoms with E-state index in [0.29, 0.717) is 0 Å². The summed E-state index contributed by atoms with van der Waals surface area (Å²) in [4.78, 5) is 2.11. The van der Waals surface area contributed by atoms with Gasteiger partial charge in [-0.05, 0) is 34.4 Å². The molecule has 0 bridgehead atoms. The van der Waals surface area contributed by atoms with Gasteiger partial charge in [0.25, 0.3) is 0 Å². The van der Waals surface area contributed by atoms with Gasteiger partial charge in [-0.25, -0.2) is 0 Å². The largest absolute Gasteiger partial charge is 0.378 e. The summed E-state index contributed by atoms with van der Waals surface area (Å²) < 4.78 is 0. The van der Waals surface area contributed by atoms with E-state index in [0.717, 1.165) is 0 Å². The highest BCUT2D eigenvalue weighted by Crippen LogP contribution is 2.26. The summed E-state index contributed by atoms with van der Waals surface area (Å²) in [5.41, 5.74) is 6.23. The Hall–Kier alpha value is -2.54. The van der Waals surface area contributed by atoms with Gasteiger partial charge < -0.3 is 4.90 Å².